The Kier molecular flexibility index (Phi) is 4.96. The van der Waals surface area contributed by atoms with Gasteiger partial charge in [0.25, 0.3) is 0 Å². The van der Waals surface area contributed by atoms with E-state index in [4.69, 9.17) is 4.42 Å². The maximum atomic E-state index is 11.4. The summed E-state index contributed by atoms with van der Waals surface area (Å²) >= 11 is 0. The van der Waals surface area contributed by atoms with E-state index in [-0.39, 0.29) is 11.6 Å². The SMILES string of the molecule is CCC(=O)CCC(=O)CCc1ccc(C)o1. The Hall–Kier alpha value is -1.38. The summed E-state index contributed by atoms with van der Waals surface area (Å²) in [5.41, 5.74) is 0. The minimum absolute atomic E-state index is 0.135. The van der Waals surface area contributed by atoms with Gasteiger partial charge in [0.15, 0.2) is 0 Å². The Morgan fingerprint density at radius 2 is 1.81 bits per heavy atom. The van der Waals surface area contributed by atoms with E-state index in [1.165, 1.54) is 0 Å². The second kappa shape index (κ2) is 6.26. The summed E-state index contributed by atoms with van der Waals surface area (Å²) in [6.45, 7) is 3.70. The molecule has 0 saturated carbocycles. The highest BCUT2D eigenvalue weighted by Gasteiger charge is 2.07. The summed E-state index contributed by atoms with van der Waals surface area (Å²) in [6, 6.07) is 3.78. The molecular formula is C13H18O3. The molecule has 0 aliphatic heterocycles. The van der Waals surface area contributed by atoms with Crippen molar-refractivity contribution in [1.82, 2.24) is 0 Å². The second-order valence-corrected chi connectivity index (χ2v) is 3.94. The molecular weight excluding hydrogens is 204 g/mol. The fraction of sp³-hybridized carbons (Fsp3) is 0.538. The number of aryl methyl sites for hydroxylation is 2. The van der Waals surface area contributed by atoms with Crippen LogP contribution >= 0.6 is 0 Å². The molecule has 1 heterocycles. The number of hydrogen-bond donors (Lipinski definition) is 0. The van der Waals surface area contributed by atoms with Gasteiger partial charge in [-0.3, -0.25) is 9.59 Å². The maximum absolute atomic E-state index is 11.4. The standard InChI is InChI=1S/C13H18O3/c1-3-11(14)5-6-12(15)7-9-13-8-4-10(2)16-13/h4,8H,3,5-7,9H2,1-2H3. The zero-order valence-corrected chi connectivity index (χ0v) is 9.91. The Bertz CT molecular complexity index is 363. The molecule has 16 heavy (non-hydrogen) atoms. The van der Waals surface area contributed by atoms with Crippen LogP contribution in [0.15, 0.2) is 16.5 Å². The van der Waals surface area contributed by atoms with Crippen molar-refractivity contribution in [2.24, 2.45) is 0 Å². The van der Waals surface area contributed by atoms with Gasteiger partial charge >= 0.3 is 0 Å². The highest BCUT2D eigenvalue weighted by Crippen LogP contribution is 2.10. The first-order valence-electron chi connectivity index (χ1n) is 5.70. The predicted molar refractivity (Wildman–Crippen MR) is 61.3 cm³/mol. The number of Topliss-reactive ketones (excluding diaryl/α,β-unsaturated/α-hetero) is 2. The van der Waals surface area contributed by atoms with Crippen molar-refractivity contribution >= 4 is 11.6 Å². The van der Waals surface area contributed by atoms with Crippen LogP contribution in [0.5, 0.6) is 0 Å². The van der Waals surface area contributed by atoms with Crippen LogP contribution in [-0.4, -0.2) is 11.6 Å². The van der Waals surface area contributed by atoms with Gasteiger partial charge in [-0.05, 0) is 19.1 Å². The van der Waals surface area contributed by atoms with E-state index in [2.05, 4.69) is 0 Å². The van der Waals surface area contributed by atoms with Gasteiger partial charge in [0.2, 0.25) is 0 Å². The lowest BCUT2D eigenvalue weighted by Crippen LogP contribution is -2.04. The highest BCUT2D eigenvalue weighted by atomic mass is 16.3. The lowest BCUT2D eigenvalue weighted by molar-refractivity contribution is -0.124. The molecule has 0 radical (unpaired) electrons. The largest absolute Gasteiger partial charge is 0.466 e. The van der Waals surface area contributed by atoms with Crippen molar-refractivity contribution in [3.8, 4) is 0 Å². The third-order valence-corrected chi connectivity index (χ3v) is 2.52. The van der Waals surface area contributed by atoms with Crippen LogP contribution in [0.1, 0.15) is 44.1 Å². The lowest BCUT2D eigenvalue weighted by Gasteiger charge is -1.98. The first-order valence-corrected chi connectivity index (χ1v) is 5.70. The molecule has 0 fully saturated rings. The monoisotopic (exact) mass is 222 g/mol. The molecule has 3 heteroatoms. The molecule has 0 aliphatic carbocycles. The van der Waals surface area contributed by atoms with Crippen LogP contribution in [0.2, 0.25) is 0 Å². The third kappa shape index (κ3) is 4.43. The predicted octanol–water partition coefficient (Wildman–Crippen LogP) is 2.85. The third-order valence-electron chi connectivity index (χ3n) is 2.52. The average Bonchev–Trinajstić information content (AvgIpc) is 2.69. The van der Waals surface area contributed by atoms with E-state index in [1.807, 2.05) is 26.0 Å². The van der Waals surface area contributed by atoms with Crippen molar-refractivity contribution in [3.63, 3.8) is 0 Å². The molecule has 0 aliphatic rings. The van der Waals surface area contributed by atoms with Gasteiger partial charge in [-0.15, -0.1) is 0 Å². The summed E-state index contributed by atoms with van der Waals surface area (Å²) in [5, 5.41) is 0. The summed E-state index contributed by atoms with van der Waals surface area (Å²) in [6.07, 6.45) is 2.36. The molecule has 0 spiro atoms. The van der Waals surface area contributed by atoms with E-state index < -0.39 is 0 Å². The normalized spacial score (nSPS) is 10.4. The van der Waals surface area contributed by atoms with E-state index in [0.717, 1.165) is 11.5 Å². The number of ketones is 2. The molecule has 88 valence electrons. The maximum Gasteiger partial charge on any atom is 0.133 e. The molecule has 0 amide bonds. The quantitative estimate of drug-likeness (QED) is 0.712. The minimum Gasteiger partial charge on any atom is -0.466 e. The van der Waals surface area contributed by atoms with E-state index >= 15 is 0 Å². The summed E-state index contributed by atoms with van der Waals surface area (Å²) < 4.78 is 5.36. The van der Waals surface area contributed by atoms with Gasteiger partial charge in [0, 0.05) is 32.1 Å². The number of rotatable bonds is 7. The Labute approximate surface area is 95.8 Å². The van der Waals surface area contributed by atoms with Crippen LogP contribution in [-0.2, 0) is 16.0 Å². The van der Waals surface area contributed by atoms with Gasteiger partial charge in [-0.25, -0.2) is 0 Å². The smallest absolute Gasteiger partial charge is 0.133 e. The first-order chi connectivity index (χ1) is 7.61. The molecule has 0 atom stereocenters. The van der Waals surface area contributed by atoms with Crippen molar-refractivity contribution in [1.29, 1.82) is 0 Å². The topological polar surface area (TPSA) is 47.3 Å². The molecule has 3 nitrogen and oxygen atoms in total. The van der Waals surface area contributed by atoms with Crippen molar-refractivity contribution in [2.45, 2.75) is 46.0 Å². The number of furan rings is 1. The summed E-state index contributed by atoms with van der Waals surface area (Å²) in [7, 11) is 0. The van der Waals surface area contributed by atoms with Crippen molar-refractivity contribution < 1.29 is 14.0 Å². The molecule has 0 aromatic carbocycles. The van der Waals surface area contributed by atoms with Gasteiger partial charge in [0.1, 0.15) is 23.1 Å². The molecule has 0 saturated heterocycles. The Morgan fingerprint density at radius 3 is 2.38 bits per heavy atom. The Morgan fingerprint density at radius 1 is 1.12 bits per heavy atom. The average molecular weight is 222 g/mol. The lowest BCUT2D eigenvalue weighted by atomic mass is 10.1. The van der Waals surface area contributed by atoms with Crippen LogP contribution in [0, 0.1) is 6.92 Å². The van der Waals surface area contributed by atoms with E-state index in [9.17, 15) is 9.59 Å². The molecule has 1 aromatic heterocycles. The van der Waals surface area contributed by atoms with Crippen LogP contribution < -0.4 is 0 Å². The number of hydrogen-bond acceptors (Lipinski definition) is 3. The zero-order chi connectivity index (χ0) is 12.0. The summed E-state index contributed by atoms with van der Waals surface area (Å²) in [5.74, 6) is 1.99. The fourth-order valence-electron chi connectivity index (χ4n) is 1.46. The van der Waals surface area contributed by atoms with Crippen LogP contribution in [0.25, 0.3) is 0 Å². The number of carbonyl (C=O) groups excluding carboxylic acids is 2. The molecule has 0 bridgehead atoms. The van der Waals surface area contributed by atoms with Gasteiger partial charge in [-0.2, -0.15) is 0 Å². The van der Waals surface area contributed by atoms with Gasteiger partial charge in [0.05, 0.1) is 0 Å². The zero-order valence-electron chi connectivity index (χ0n) is 9.91. The van der Waals surface area contributed by atoms with E-state index in [1.54, 1.807) is 0 Å². The first kappa shape index (κ1) is 12.7. The fourth-order valence-corrected chi connectivity index (χ4v) is 1.46. The highest BCUT2D eigenvalue weighted by molar-refractivity contribution is 5.85. The van der Waals surface area contributed by atoms with Gasteiger partial charge in [-0.1, -0.05) is 6.92 Å². The van der Waals surface area contributed by atoms with Gasteiger partial charge < -0.3 is 4.42 Å². The minimum atomic E-state index is 0.135. The van der Waals surface area contributed by atoms with Crippen molar-refractivity contribution in [2.75, 3.05) is 0 Å². The van der Waals surface area contributed by atoms with Crippen LogP contribution in [0.3, 0.4) is 0 Å². The molecule has 0 unspecified atom stereocenters. The molecule has 1 rings (SSSR count). The Balaban J connectivity index is 2.22. The molecule has 1 aromatic rings. The van der Waals surface area contributed by atoms with Crippen LogP contribution in [0.4, 0.5) is 0 Å². The molecule has 0 N–H and O–H groups in total. The second-order valence-electron chi connectivity index (χ2n) is 3.94. The summed E-state index contributed by atoms with van der Waals surface area (Å²) in [4.78, 5) is 22.5. The van der Waals surface area contributed by atoms with Crippen molar-refractivity contribution in [3.05, 3.63) is 23.7 Å². The van der Waals surface area contributed by atoms with E-state index in [0.29, 0.717) is 32.1 Å². The number of carbonyl (C=O) groups is 2.